The topological polar surface area (TPSA) is 40.5 Å². The van der Waals surface area contributed by atoms with E-state index in [0.717, 1.165) is 18.8 Å². The Balaban J connectivity index is 0.000000446. The van der Waals surface area contributed by atoms with Crippen LogP contribution in [0.5, 0.6) is 0 Å². The van der Waals surface area contributed by atoms with E-state index in [0.29, 0.717) is 18.4 Å². The third-order valence-corrected chi connectivity index (χ3v) is 5.50. The van der Waals surface area contributed by atoms with Crippen molar-refractivity contribution < 1.29 is 10.2 Å². The van der Waals surface area contributed by atoms with Crippen LogP contribution >= 0.6 is 0 Å². The number of aliphatic hydroxyl groups is 2. The van der Waals surface area contributed by atoms with E-state index < -0.39 is 0 Å². The molecule has 0 heterocycles. The monoisotopic (exact) mass is 342 g/mol. The van der Waals surface area contributed by atoms with Crippen LogP contribution in [-0.2, 0) is 0 Å². The fourth-order valence-corrected chi connectivity index (χ4v) is 3.75. The van der Waals surface area contributed by atoms with Crippen LogP contribution in [0.25, 0.3) is 0 Å². The van der Waals surface area contributed by atoms with Crippen molar-refractivity contribution >= 4 is 0 Å². The SMILES string of the molecule is CC1CCC(C(C)C)C(O)C1.CCCCCCCCCCCCO. The maximum absolute atomic E-state index is 9.71. The fourth-order valence-electron chi connectivity index (χ4n) is 3.75. The van der Waals surface area contributed by atoms with Gasteiger partial charge in [-0.3, -0.25) is 0 Å². The van der Waals surface area contributed by atoms with Gasteiger partial charge in [-0.05, 0) is 37.0 Å². The molecule has 0 aromatic rings. The van der Waals surface area contributed by atoms with E-state index in [2.05, 4.69) is 27.7 Å². The third kappa shape index (κ3) is 13.2. The van der Waals surface area contributed by atoms with E-state index in [-0.39, 0.29) is 6.10 Å². The molecular weight excluding hydrogens is 296 g/mol. The van der Waals surface area contributed by atoms with Crippen LogP contribution in [0.1, 0.15) is 111 Å². The minimum atomic E-state index is -0.0289. The summed E-state index contributed by atoms with van der Waals surface area (Å²) in [6.07, 6.45) is 16.8. The Bertz CT molecular complexity index is 242. The van der Waals surface area contributed by atoms with Gasteiger partial charge >= 0.3 is 0 Å². The molecule has 0 radical (unpaired) electrons. The van der Waals surface area contributed by atoms with Crippen LogP contribution in [-0.4, -0.2) is 22.9 Å². The molecular formula is C22H46O2. The molecule has 0 saturated heterocycles. The molecule has 1 fully saturated rings. The summed E-state index contributed by atoms with van der Waals surface area (Å²) >= 11 is 0. The molecule has 0 aromatic heterocycles. The normalized spacial score (nSPS) is 23.9. The van der Waals surface area contributed by atoms with Crippen LogP contribution in [0.2, 0.25) is 0 Å². The highest BCUT2D eigenvalue weighted by molar-refractivity contribution is 4.79. The second kappa shape index (κ2) is 16.4. The van der Waals surface area contributed by atoms with Crippen molar-refractivity contribution in [3.05, 3.63) is 0 Å². The molecule has 3 unspecified atom stereocenters. The zero-order chi connectivity index (χ0) is 18.2. The highest BCUT2D eigenvalue weighted by atomic mass is 16.3. The van der Waals surface area contributed by atoms with Gasteiger partial charge in [-0.1, -0.05) is 91.9 Å². The van der Waals surface area contributed by atoms with Crippen molar-refractivity contribution in [1.29, 1.82) is 0 Å². The number of hydrogen-bond donors (Lipinski definition) is 2. The molecule has 1 aliphatic rings. The average molecular weight is 343 g/mol. The van der Waals surface area contributed by atoms with E-state index >= 15 is 0 Å². The molecule has 0 spiro atoms. The fraction of sp³-hybridized carbons (Fsp3) is 1.00. The van der Waals surface area contributed by atoms with E-state index in [1.54, 1.807) is 0 Å². The Kier molecular flexibility index (Phi) is 16.3. The van der Waals surface area contributed by atoms with Gasteiger partial charge in [-0.25, -0.2) is 0 Å². The van der Waals surface area contributed by atoms with Crippen LogP contribution in [0, 0.1) is 17.8 Å². The van der Waals surface area contributed by atoms with Gasteiger partial charge < -0.3 is 10.2 Å². The lowest BCUT2D eigenvalue weighted by molar-refractivity contribution is 0.0266. The zero-order valence-electron chi connectivity index (χ0n) is 17.1. The van der Waals surface area contributed by atoms with E-state index in [9.17, 15) is 5.11 Å². The van der Waals surface area contributed by atoms with E-state index in [4.69, 9.17) is 5.11 Å². The summed E-state index contributed by atoms with van der Waals surface area (Å²) in [5, 5.41) is 18.3. The highest BCUT2D eigenvalue weighted by Gasteiger charge is 2.28. The largest absolute Gasteiger partial charge is 0.396 e. The summed E-state index contributed by atoms with van der Waals surface area (Å²) in [6, 6.07) is 0. The first-order chi connectivity index (χ1) is 11.5. The first-order valence-corrected chi connectivity index (χ1v) is 10.8. The van der Waals surface area contributed by atoms with Crippen molar-refractivity contribution in [3.63, 3.8) is 0 Å². The van der Waals surface area contributed by atoms with Crippen molar-refractivity contribution in [3.8, 4) is 0 Å². The summed E-state index contributed by atoms with van der Waals surface area (Å²) in [5.74, 6) is 1.95. The van der Waals surface area contributed by atoms with Crippen LogP contribution in [0.4, 0.5) is 0 Å². The van der Waals surface area contributed by atoms with Crippen LogP contribution in [0.3, 0.4) is 0 Å². The molecule has 0 aliphatic heterocycles. The summed E-state index contributed by atoms with van der Waals surface area (Å²) in [5.41, 5.74) is 0. The average Bonchev–Trinajstić information content (AvgIpc) is 2.53. The Hall–Kier alpha value is -0.0800. The van der Waals surface area contributed by atoms with E-state index in [1.807, 2.05) is 0 Å². The summed E-state index contributed by atoms with van der Waals surface area (Å²) in [4.78, 5) is 0. The smallest absolute Gasteiger partial charge is 0.0573 e. The molecule has 0 bridgehead atoms. The number of hydrogen-bond acceptors (Lipinski definition) is 2. The van der Waals surface area contributed by atoms with Crippen LogP contribution < -0.4 is 0 Å². The van der Waals surface area contributed by atoms with Crippen molar-refractivity contribution in [2.45, 2.75) is 117 Å². The second-order valence-electron chi connectivity index (χ2n) is 8.30. The van der Waals surface area contributed by atoms with Crippen molar-refractivity contribution in [2.24, 2.45) is 17.8 Å². The van der Waals surface area contributed by atoms with Gasteiger partial charge in [0.05, 0.1) is 6.10 Å². The Morgan fingerprint density at radius 1 is 0.833 bits per heavy atom. The molecule has 2 nitrogen and oxygen atoms in total. The van der Waals surface area contributed by atoms with Gasteiger partial charge in [0.1, 0.15) is 0 Å². The molecule has 2 heteroatoms. The molecule has 1 rings (SSSR count). The standard InChI is InChI=1S/C12H26O.C10H20O/c1-2-3-4-5-6-7-8-9-10-11-12-13;1-7(2)9-5-4-8(3)6-10(9)11/h13H,2-12H2,1H3;7-11H,4-6H2,1-3H3. The van der Waals surface area contributed by atoms with E-state index in [1.165, 1.54) is 70.6 Å². The lowest BCUT2D eigenvalue weighted by Gasteiger charge is -2.33. The molecule has 146 valence electrons. The van der Waals surface area contributed by atoms with Crippen LogP contribution in [0.15, 0.2) is 0 Å². The first-order valence-electron chi connectivity index (χ1n) is 10.8. The highest BCUT2D eigenvalue weighted by Crippen LogP contribution is 2.33. The third-order valence-electron chi connectivity index (χ3n) is 5.50. The maximum Gasteiger partial charge on any atom is 0.0573 e. The van der Waals surface area contributed by atoms with Crippen molar-refractivity contribution in [2.75, 3.05) is 6.61 Å². The van der Waals surface area contributed by atoms with Crippen molar-refractivity contribution in [1.82, 2.24) is 0 Å². The van der Waals surface area contributed by atoms with Gasteiger partial charge in [0.25, 0.3) is 0 Å². The number of unbranched alkanes of at least 4 members (excludes halogenated alkanes) is 9. The lowest BCUT2D eigenvalue weighted by atomic mass is 9.75. The molecule has 2 N–H and O–H groups in total. The Labute approximate surface area is 152 Å². The maximum atomic E-state index is 9.71. The molecule has 0 aromatic carbocycles. The molecule has 3 atom stereocenters. The first kappa shape index (κ1) is 23.9. The van der Waals surface area contributed by atoms with Gasteiger partial charge in [-0.15, -0.1) is 0 Å². The minimum absolute atomic E-state index is 0.0289. The summed E-state index contributed by atoms with van der Waals surface area (Å²) in [7, 11) is 0. The molecule has 1 aliphatic carbocycles. The molecule has 1 saturated carbocycles. The predicted octanol–water partition coefficient (Wildman–Crippen LogP) is 6.34. The predicted molar refractivity (Wildman–Crippen MR) is 106 cm³/mol. The van der Waals surface area contributed by atoms with Gasteiger partial charge in [0.15, 0.2) is 0 Å². The summed E-state index contributed by atoms with van der Waals surface area (Å²) in [6.45, 7) is 9.29. The quantitative estimate of drug-likeness (QED) is 0.430. The summed E-state index contributed by atoms with van der Waals surface area (Å²) < 4.78 is 0. The second-order valence-corrected chi connectivity index (χ2v) is 8.30. The molecule has 24 heavy (non-hydrogen) atoms. The number of aliphatic hydroxyl groups excluding tert-OH is 2. The Morgan fingerprint density at radius 3 is 1.75 bits per heavy atom. The van der Waals surface area contributed by atoms with Gasteiger partial charge in [0, 0.05) is 6.61 Å². The van der Waals surface area contributed by atoms with Gasteiger partial charge in [-0.2, -0.15) is 0 Å². The zero-order valence-corrected chi connectivity index (χ0v) is 17.1. The Morgan fingerprint density at radius 2 is 1.33 bits per heavy atom. The minimum Gasteiger partial charge on any atom is -0.396 e. The lowest BCUT2D eigenvalue weighted by Crippen LogP contribution is -2.31. The van der Waals surface area contributed by atoms with Gasteiger partial charge in [0.2, 0.25) is 0 Å². The molecule has 0 amide bonds. The number of rotatable bonds is 11.